The van der Waals surface area contributed by atoms with Crippen LogP contribution in [0.25, 0.3) is 0 Å². The minimum atomic E-state index is 0.321. The van der Waals surface area contributed by atoms with Gasteiger partial charge in [0.05, 0.1) is 6.04 Å². The second kappa shape index (κ2) is 6.59. The van der Waals surface area contributed by atoms with Gasteiger partial charge in [-0.3, -0.25) is 4.90 Å². The quantitative estimate of drug-likeness (QED) is 0.828. The summed E-state index contributed by atoms with van der Waals surface area (Å²) in [6, 6.07) is 8.83. The second-order valence-electron chi connectivity index (χ2n) is 4.69. The molecule has 1 aromatic heterocycles. The molecule has 3 nitrogen and oxygen atoms in total. The third kappa shape index (κ3) is 4.09. The van der Waals surface area contributed by atoms with E-state index in [1.807, 2.05) is 6.92 Å². The zero-order chi connectivity index (χ0) is 13.8. The van der Waals surface area contributed by atoms with Crippen molar-refractivity contribution in [1.29, 1.82) is 0 Å². The normalized spacial score (nSPS) is 12.9. The van der Waals surface area contributed by atoms with Gasteiger partial charge in [0.2, 0.25) is 0 Å². The number of benzene rings is 1. The van der Waals surface area contributed by atoms with E-state index in [-0.39, 0.29) is 0 Å². The van der Waals surface area contributed by atoms with Crippen LogP contribution in [0.4, 0.5) is 0 Å². The molecule has 0 spiro atoms. The first-order valence-corrected chi connectivity index (χ1v) is 7.92. The molecule has 0 aliphatic rings. The molecule has 0 N–H and O–H groups in total. The molecular weight excluding hydrogens is 322 g/mol. The van der Waals surface area contributed by atoms with Gasteiger partial charge in [0.25, 0.3) is 0 Å². The number of nitrogens with zero attached hydrogens (tertiary/aromatic N) is 3. The molecular formula is C14H18BrN3S. The number of aryl methyl sites for hydroxylation is 1. The van der Waals surface area contributed by atoms with Gasteiger partial charge in [0.15, 0.2) is 0 Å². The Morgan fingerprint density at radius 2 is 1.95 bits per heavy atom. The molecule has 0 aliphatic heterocycles. The Labute approximate surface area is 126 Å². The minimum absolute atomic E-state index is 0.321. The van der Waals surface area contributed by atoms with Gasteiger partial charge in [-0.15, -0.1) is 21.5 Å². The topological polar surface area (TPSA) is 29.0 Å². The van der Waals surface area contributed by atoms with Crippen LogP contribution in [-0.2, 0) is 6.42 Å². The van der Waals surface area contributed by atoms with Gasteiger partial charge >= 0.3 is 0 Å². The first kappa shape index (κ1) is 14.6. The number of halogens is 1. The summed E-state index contributed by atoms with van der Waals surface area (Å²) in [5, 5.41) is 10.4. The van der Waals surface area contributed by atoms with Gasteiger partial charge < -0.3 is 0 Å². The summed E-state index contributed by atoms with van der Waals surface area (Å²) in [4.78, 5) is 2.32. The summed E-state index contributed by atoms with van der Waals surface area (Å²) < 4.78 is 1.13. The average Bonchev–Trinajstić information content (AvgIpc) is 2.83. The SMILES string of the molecule is Cc1nnc([C@H](C)N(C)CCc2ccc(Br)cc2)s1. The van der Waals surface area contributed by atoms with Crippen molar-refractivity contribution in [3.63, 3.8) is 0 Å². The highest BCUT2D eigenvalue weighted by atomic mass is 79.9. The summed E-state index contributed by atoms with van der Waals surface area (Å²) >= 11 is 5.14. The molecule has 0 bridgehead atoms. The molecule has 1 atom stereocenters. The van der Waals surface area contributed by atoms with Crippen LogP contribution in [0.15, 0.2) is 28.7 Å². The predicted octanol–water partition coefficient (Wildman–Crippen LogP) is 3.84. The average molecular weight is 340 g/mol. The Bertz CT molecular complexity index is 524. The Hall–Kier alpha value is -0.780. The lowest BCUT2D eigenvalue weighted by Crippen LogP contribution is -2.24. The van der Waals surface area contributed by atoms with Gasteiger partial charge in [0, 0.05) is 11.0 Å². The summed E-state index contributed by atoms with van der Waals surface area (Å²) in [6.45, 7) is 5.19. The first-order valence-electron chi connectivity index (χ1n) is 6.31. The molecule has 0 amide bonds. The van der Waals surface area contributed by atoms with Crippen LogP contribution < -0.4 is 0 Å². The summed E-state index contributed by atoms with van der Waals surface area (Å²) in [5.41, 5.74) is 1.36. The number of hydrogen-bond donors (Lipinski definition) is 0. The summed E-state index contributed by atoms with van der Waals surface area (Å²) in [5.74, 6) is 0. The molecule has 1 heterocycles. The summed E-state index contributed by atoms with van der Waals surface area (Å²) in [6.07, 6.45) is 1.05. The smallest absolute Gasteiger partial charge is 0.134 e. The summed E-state index contributed by atoms with van der Waals surface area (Å²) in [7, 11) is 2.14. The Morgan fingerprint density at radius 3 is 2.53 bits per heavy atom. The van der Waals surface area contributed by atoms with E-state index < -0.39 is 0 Å². The van der Waals surface area contributed by atoms with E-state index in [0.29, 0.717) is 6.04 Å². The zero-order valence-corrected chi connectivity index (χ0v) is 13.8. The lowest BCUT2D eigenvalue weighted by atomic mass is 10.1. The van der Waals surface area contributed by atoms with Crippen LogP contribution in [-0.4, -0.2) is 28.7 Å². The van der Waals surface area contributed by atoms with E-state index in [1.165, 1.54) is 5.56 Å². The first-order chi connectivity index (χ1) is 9.06. The van der Waals surface area contributed by atoms with Gasteiger partial charge in [0.1, 0.15) is 10.0 Å². The molecule has 0 radical (unpaired) electrons. The van der Waals surface area contributed by atoms with Crippen LogP contribution in [0.2, 0.25) is 0 Å². The van der Waals surface area contributed by atoms with Crippen molar-refractivity contribution in [2.75, 3.05) is 13.6 Å². The highest BCUT2D eigenvalue weighted by Gasteiger charge is 2.15. The molecule has 2 rings (SSSR count). The van der Waals surface area contributed by atoms with Crippen molar-refractivity contribution in [3.8, 4) is 0 Å². The van der Waals surface area contributed by atoms with Crippen LogP contribution in [0, 0.1) is 6.92 Å². The Morgan fingerprint density at radius 1 is 1.26 bits per heavy atom. The Balaban J connectivity index is 1.90. The van der Waals surface area contributed by atoms with Crippen LogP contribution in [0.1, 0.15) is 28.5 Å². The van der Waals surface area contributed by atoms with Gasteiger partial charge in [-0.2, -0.15) is 0 Å². The predicted molar refractivity (Wildman–Crippen MR) is 83.5 cm³/mol. The largest absolute Gasteiger partial charge is 0.297 e. The van der Waals surface area contributed by atoms with E-state index in [9.17, 15) is 0 Å². The van der Waals surface area contributed by atoms with Crippen LogP contribution in [0.3, 0.4) is 0 Å². The van der Waals surface area contributed by atoms with E-state index >= 15 is 0 Å². The van der Waals surface area contributed by atoms with Gasteiger partial charge in [-0.05, 0) is 45.0 Å². The van der Waals surface area contributed by atoms with Crippen LogP contribution in [0.5, 0.6) is 0 Å². The lowest BCUT2D eigenvalue weighted by molar-refractivity contribution is 0.263. The van der Waals surface area contributed by atoms with Crippen molar-refractivity contribution in [2.24, 2.45) is 0 Å². The molecule has 19 heavy (non-hydrogen) atoms. The second-order valence-corrected chi connectivity index (χ2v) is 6.82. The van der Waals surface area contributed by atoms with E-state index in [1.54, 1.807) is 11.3 Å². The monoisotopic (exact) mass is 339 g/mol. The molecule has 5 heteroatoms. The number of rotatable bonds is 5. The zero-order valence-electron chi connectivity index (χ0n) is 11.4. The van der Waals surface area contributed by atoms with E-state index in [4.69, 9.17) is 0 Å². The fourth-order valence-corrected chi connectivity index (χ4v) is 2.90. The molecule has 1 aromatic carbocycles. The highest BCUT2D eigenvalue weighted by molar-refractivity contribution is 9.10. The molecule has 0 saturated carbocycles. The number of aromatic nitrogens is 2. The van der Waals surface area contributed by atoms with Crippen molar-refractivity contribution in [1.82, 2.24) is 15.1 Å². The van der Waals surface area contributed by atoms with E-state index in [2.05, 4.69) is 69.3 Å². The molecule has 2 aromatic rings. The molecule has 0 saturated heterocycles. The van der Waals surface area contributed by atoms with E-state index in [0.717, 1.165) is 27.5 Å². The molecule has 102 valence electrons. The maximum absolute atomic E-state index is 4.22. The van der Waals surface area contributed by atoms with Crippen LogP contribution >= 0.6 is 27.3 Å². The number of hydrogen-bond acceptors (Lipinski definition) is 4. The third-order valence-electron chi connectivity index (χ3n) is 3.23. The lowest BCUT2D eigenvalue weighted by Gasteiger charge is -2.22. The standard InChI is InChI=1S/C14H18BrN3S/c1-10(14-17-16-11(2)19-14)18(3)9-8-12-4-6-13(15)7-5-12/h4-7,10H,8-9H2,1-3H3/t10-/m0/s1. The fourth-order valence-electron chi connectivity index (χ4n) is 1.82. The minimum Gasteiger partial charge on any atom is -0.297 e. The van der Waals surface area contributed by atoms with Crippen molar-refractivity contribution < 1.29 is 0 Å². The van der Waals surface area contributed by atoms with Gasteiger partial charge in [-0.1, -0.05) is 28.1 Å². The maximum Gasteiger partial charge on any atom is 0.134 e. The van der Waals surface area contributed by atoms with Crippen molar-refractivity contribution >= 4 is 27.3 Å². The number of likely N-dealkylation sites (N-methyl/N-ethyl adjacent to an activating group) is 1. The Kier molecular flexibility index (Phi) is 5.07. The third-order valence-corrected chi connectivity index (χ3v) is 4.76. The van der Waals surface area contributed by atoms with Crippen molar-refractivity contribution in [2.45, 2.75) is 26.3 Å². The maximum atomic E-state index is 4.22. The highest BCUT2D eigenvalue weighted by Crippen LogP contribution is 2.22. The molecule has 0 fully saturated rings. The molecule has 0 unspecified atom stereocenters. The van der Waals surface area contributed by atoms with Gasteiger partial charge in [-0.25, -0.2) is 0 Å². The van der Waals surface area contributed by atoms with Crippen molar-refractivity contribution in [3.05, 3.63) is 44.3 Å². The molecule has 0 aliphatic carbocycles. The fraction of sp³-hybridized carbons (Fsp3) is 0.429.